The van der Waals surface area contributed by atoms with Gasteiger partial charge in [-0.2, -0.15) is 0 Å². The molecule has 1 amide bonds. The van der Waals surface area contributed by atoms with Crippen LogP contribution in [0.2, 0.25) is 0 Å². The molecule has 6 heteroatoms. The molecule has 0 spiro atoms. The van der Waals surface area contributed by atoms with Crippen molar-refractivity contribution in [2.45, 2.75) is 137 Å². The number of allylic oxidation sites excluding steroid dienone is 1. The van der Waals surface area contributed by atoms with Gasteiger partial charge >= 0.3 is 6.09 Å². The Kier molecular flexibility index (Phi) is 10.9. The molecular formula is C34H58N4O2. The van der Waals surface area contributed by atoms with Crippen LogP contribution in [0.4, 0.5) is 4.79 Å². The van der Waals surface area contributed by atoms with Crippen LogP contribution >= 0.6 is 0 Å². The van der Waals surface area contributed by atoms with Gasteiger partial charge in [-0.25, -0.2) is 4.79 Å². The van der Waals surface area contributed by atoms with Crippen LogP contribution in [0.25, 0.3) is 10.4 Å². The molecule has 0 saturated heterocycles. The Hall–Kier alpha value is -1.68. The number of hydrogen-bond acceptors (Lipinski definition) is 3. The molecule has 226 valence electrons. The van der Waals surface area contributed by atoms with Crippen LogP contribution in [-0.4, -0.2) is 25.3 Å². The summed E-state index contributed by atoms with van der Waals surface area (Å²) in [4.78, 5) is 15.3. The second kappa shape index (κ2) is 14.0. The quantitative estimate of drug-likeness (QED) is 0.0807. The predicted molar refractivity (Wildman–Crippen MR) is 164 cm³/mol. The first-order valence-corrected chi connectivity index (χ1v) is 16.8. The highest BCUT2D eigenvalue weighted by Gasteiger charge is 2.59. The van der Waals surface area contributed by atoms with E-state index in [-0.39, 0.29) is 17.6 Å². The summed E-state index contributed by atoms with van der Waals surface area (Å²) in [5.74, 6) is 5.12. The number of hydrogen-bond donors (Lipinski definition) is 1. The number of nitrogens with one attached hydrogen (secondary N) is 1. The average molecular weight is 555 g/mol. The molecular weight excluding hydrogens is 496 g/mol. The summed E-state index contributed by atoms with van der Waals surface area (Å²) in [6, 6.07) is 0. The van der Waals surface area contributed by atoms with Gasteiger partial charge in [0.15, 0.2) is 0 Å². The van der Waals surface area contributed by atoms with E-state index in [1.807, 2.05) is 0 Å². The van der Waals surface area contributed by atoms with E-state index in [1.54, 1.807) is 5.57 Å². The van der Waals surface area contributed by atoms with Crippen LogP contribution in [0.15, 0.2) is 16.8 Å². The van der Waals surface area contributed by atoms with Gasteiger partial charge in [0, 0.05) is 24.4 Å². The van der Waals surface area contributed by atoms with Crippen molar-refractivity contribution in [3.05, 3.63) is 22.1 Å². The zero-order valence-electron chi connectivity index (χ0n) is 26.3. The Labute approximate surface area is 244 Å². The number of alkyl carbamates (subject to hydrolysis) is 1. The number of nitrogens with zero attached hydrogens (tertiary/aromatic N) is 3. The van der Waals surface area contributed by atoms with Crippen molar-refractivity contribution >= 4 is 6.09 Å². The third-order valence-corrected chi connectivity index (χ3v) is 12.1. The lowest BCUT2D eigenvalue weighted by Gasteiger charge is -2.58. The first-order chi connectivity index (χ1) is 19.2. The standard InChI is InChI=1S/C34H58N4O2/c1-24(2)11-10-12-25(3)29-15-16-30-28-14-13-26-23-27(17-19-33(26,4)31(28)18-20-34(29,30)5)40-32(39)36-21-8-6-7-9-22-37-38-35/h13,24-25,27-31H,6-12,14-23H2,1-5H3,(H,36,39)/t25-,27+,28?,29-,30?,31?,33+,34-/m1/s1. The summed E-state index contributed by atoms with van der Waals surface area (Å²) in [5.41, 5.74) is 10.7. The van der Waals surface area contributed by atoms with Crippen molar-refractivity contribution in [3.63, 3.8) is 0 Å². The number of carbonyl (C=O) groups is 1. The lowest BCUT2D eigenvalue weighted by atomic mass is 9.47. The maximum atomic E-state index is 12.5. The van der Waals surface area contributed by atoms with Crippen LogP contribution in [0.3, 0.4) is 0 Å². The monoisotopic (exact) mass is 554 g/mol. The van der Waals surface area contributed by atoms with E-state index in [1.165, 1.54) is 51.4 Å². The minimum Gasteiger partial charge on any atom is -0.446 e. The molecule has 0 aromatic carbocycles. The van der Waals surface area contributed by atoms with Gasteiger partial charge in [-0.15, -0.1) is 0 Å². The van der Waals surface area contributed by atoms with Gasteiger partial charge in [-0.3, -0.25) is 0 Å². The van der Waals surface area contributed by atoms with Gasteiger partial charge in [-0.05, 0) is 110 Å². The van der Waals surface area contributed by atoms with Crippen molar-refractivity contribution in [1.29, 1.82) is 0 Å². The summed E-state index contributed by atoms with van der Waals surface area (Å²) < 4.78 is 5.91. The van der Waals surface area contributed by atoms with E-state index in [9.17, 15) is 4.79 Å². The Balaban J connectivity index is 1.27. The molecule has 3 fully saturated rings. The minimum atomic E-state index is -0.259. The zero-order chi connectivity index (χ0) is 28.8. The molecule has 0 heterocycles. The molecule has 0 bridgehead atoms. The third kappa shape index (κ3) is 7.02. The Bertz CT molecular complexity index is 927. The van der Waals surface area contributed by atoms with Crippen molar-refractivity contribution in [2.24, 2.45) is 51.5 Å². The van der Waals surface area contributed by atoms with Gasteiger partial charge < -0.3 is 10.1 Å². The SMILES string of the molecule is CC(C)CCC[C@@H](C)[C@H]1CCC2C3CC=C4C[C@@H](OC(=O)NCCCCCCN=[N+]=[N-])CC[C@]4(C)C3CC[C@@]21C. The molecule has 4 rings (SSSR count). The Morgan fingerprint density at radius 3 is 2.62 bits per heavy atom. The molecule has 8 atom stereocenters. The molecule has 6 nitrogen and oxygen atoms in total. The molecule has 4 aliphatic rings. The number of amides is 1. The largest absolute Gasteiger partial charge is 0.446 e. The number of fused-ring (bicyclic) bond motifs is 5. The van der Waals surface area contributed by atoms with Crippen molar-refractivity contribution in [1.82, 2.24) is 5.32 Å². The van der Waals surface area contributed by atoms with Crippen LogP contribution in [0.5, 0.6) is 0 Å². The second-order valence-electron chi connectivity index (χ2n) is 14.9. The van der Waals surface area contributed by atoms with Gasteiger partial charge in [0.05, 0.1) is 0 Å². The van der Waals surface area contributed by atoms with Gasteiger partial charge in [-0.1, -0.05) is 83.5 Å². The topological polar surface area (TPSA) is 87.1 Å². The van der Waals surface area contributed by atoms with Crippen molar-refractivity contribution in [2.75, 3.05) is 13.1 Å². The van der Waals surface area contributed by atoms with E-state index in [0.29, 0.717) is 18.5 Å². The molecule has 0 radical (unpaired) electrons. The van der Waals surface area contributed by atoms with Crippen molar-refractivity contribution in [3.8, 4) is 0 Å². The van der Waals surface area contributed by atoms with Crippen LogP contribution in [0, 0.1) is 46.3 Å². The number of rotatable bonds is 13. The number of ether oxygens (including phenoxy) is 1. The average Bonchev–Trinajstić information content (AvgIpc) is 3.27. The molecule has 40 heavy (non-hydrogen) atoms. The van der Waals surface area contributed by atoms with Crippen LogP contribution in [-0.2, 0) is 4.74 Å². The summed E-state index contributed by atoms with van der Waals surface area (Å²) in [5, 5.41) is 6.52. The molecule has 4 aliphatic carbocycles. The highest BCUT2D eigenvalue weighted by atomic mass is 16.6. The maximum absolute atomic E-state index is 12.5. The summed E-state index contributed by atoms with van der Waals surface area (Å²) >= 11 is 0. The van der Waals surface area contributed by atoms with Crippen LogP contribution in [0.1, 0.15) is 131 Å². The fourth-order valence-electron chi connectivity index (χ4n) is 9.84. The Morgan fingerprint density at radius 1 is 1.05 bits per heavy atom. The molecule has 0 aliphatic heterocycles. The number of carbonyl (C=O) groups excluding carboxylic acids is 1. The minimum absolute atomic E-state index is 0.0103. The third-order valence-electron chi connectivity index (χ3n) is 12.1. The van der Waals surface area contributed by atoms with Gasteiger partial charge in [0.25, 0.3) is 0 Å². The van der Waals surface area contributed by atoms with E-state index < -0.39 is 0 Å². The predicted octanol–water partition coefficient (Wildman–Crippen LogP) is 9.99. The van der Waals surface area contributed by atoms with E-state index in [0.717, 1.165) is 80.5 Å². The van der Waals surface area contributed by atoms with Gasteiger partial charge in [0.1, 0.15) is 6.10 Å². The Morgan fingerprint density at radius 2 is 1.85 bits per heavy atom. The van der Waals surface area contributed by atoms with E-state index >= 15 is 0 Å². The molecule has 0 aromatic rings. The summed E-state index contributed by atoms with van der Waals surface area (Å²) in [6.45, 7) is 13.7. The lowest BCUT2D eigenvalue weighted by Crippen LogP contribution is -2.51. The fraction of sp³-hybridized carbons (Fsp3) is 0.912. The van der Waals surface area contributed by atoms with E-state index in [2.05, 4.69) is 56.0 Å². The number of azide groups is 1. The summed E-state index contributed by atoms with van der Waals surface area (Å²) in [7, 11) is 0. The first-order valence-electron chi connectivity index (χ1n) is 16.8. The van der Waals surface area contributed by atoms with Gasteiger partial charge in [0.2, 0.25) is 0 Å². The smallest absolute Gasteiger partial charge is 0.407 e. The van der Waals surface area contributed by atoms with E-state index in [4.69, 9.17) is 10.3 Å². The number of unbranched alkanes of at least 4 members (excludes halogenated alkanes) is 3. The molecule has 0 aromatic heterocycles. The van der Waals surface area contributed by atoms with Crippen LogP contribution < -0.4 is 5.32 Å². The molecule has 3 saturated carbocycles. The highest BCUT2D eigenvalue weighted by molar-refractivity contribution is 5.67. The molecule has 1 N–H and O–H groups in total. The lowest BCUT2D eigenvalue weighted by molar-refractivity contribution is -0.0581. The maximum Gasteiger partial charge on any atom is 0.407 e. The molecule has 3 unspecified atom stereocenters. The first kappa shape index (κ1) is 31.3. The fourth-order valence-corrected chi connectivity index (χ4v) is 9.84. The summed E-state index contributed by atoms with van der Waals surface area (Å²) in [6.07, 6.45) is 20.4. The zero-order valence-corrected chi connectivity index (χ0v) is 26.3. The highest BCUT2D eigenvalue weighted by Crippen LogP contribution is 2.67. The van der Waals surface area contributed by atoms with Crippen molar-refractivity contribution < 1.29 is 9.53 Å². The second-order valence-corrected chi connectivity index (χ2v) is 14.9. The normalized spacial score (nSPS) is 35.5.